The zero-order valence-corrected chi connectivity index (χ0v) is 12.4. The molecule has 1 aliphatic rings. The SMILES string of the molecule is CSc1ccc(C(=O)N2CCN(CC(N)=O)CC2)cc1. The summed E-state index contributed by atoms with van der Waals surface area (Å²) in [6.45, 7) is 2.92. The number of hydrogen-bond donors (Lipinski definition) is 1. The lowest BCUT2D eigenvalue weighted by atomic mass is 10.2. The molecule has 2 amide bonds. The second kappa shape index (κ2) is 6.76. The molecule has 1 heterocycles. The maximum absolute atomic E-state index is 12.3. The van der Waals surface area contributed by atoms with Crippen LogP contribution in [0.3, 0.4) is 0 Å². The summed E-state index contributed by atoms with van der Waals surface area (Å²) in [6.07, 6.45) is 2.01. The quantitative estimate of drug-likeness (QED) is 0.828. The Morgan fingerprint density at radius 1 is 1.15 bits per heavy atom. The summed E-state index contributed by atoms with van der Waals surface area (Å²) in [5.74, 6) is -0.270. The number of nitrogens with two attached hydrogens (primary N) is 1. The molecule has 1 aromatic rings. The molecule has 2 N–H and O–H groups in total. The molecule has 0 aliphatic carbocycles. The Hall–Kier alpha value is -1.53. The van der Waals surface area contributed by atoms with Crippen LogP contribution in [-0.4, -0.2) is 60.6 Å². The Balaban J connectivity index is 1.92. The molecular weight excluding hydrogens is 274 g/mol. The van der Waals surface area contributed by atoms with E-state index in [4.69, 9.17) is 5.73 Å². The van der Waals surface area contributed by atoms with Crippen LogP contribution in [0.1, 0.15) is 10.4 Å². The highest BCUT2D eigenvalue weighted by molar-refractivity contribution is 7.98. The van der Waals surface area contributed by atoms with Crippen molar-refractivity contribution in [2.24, 2.45) is 5.73 Å². The summed E-state index contributed by atoms with van der Waals surface area (Å²) in [7, 11) is 0. The van der Waals surface area contributed by atoms with E-state index in [1.807, 2.05) is 40.3 Å². The van der Waals surface area contributed by atoms with Crippen molar-refractivity contribution in [3.8, 4) is 0 Å². The minimum Gasteiger partial charge on any atom is -0.369 e. The second-order valence-electron chi connectivity index (χ2n) is 4.76. The van der Waals surface area contributed by atoms with Crippen molar-refractivity contribution in [1.82, 2.24) is 9.80 Å². The van der Waals surface area contributed by atoms with E-state index in [-0.39, 0.29) is 18.4 Å². The smallest absolute Gasteiger partial charge is 0.253 e. The fourth-order valence-corrected chi connectivity index (χ4v) is 2.65. The van der Waals surface area contributed by atoms with E-state index in [9.17, 15) is 9.59 Å². The van der Waals surface area contributed by atoms with Gasteiger partial charge in [-0.05, 0) is 30.5 Å². The van der Waals surface area contributed by atoms with Gasteiger partial charge in [-0.1, -0.05) is 0 Å². The van der Waals surface area contributed by atoms with Crippen molar-refractivity contribution >= 4 is 23.6 Å². The predicted molar refractivity (Wildman–Crippen MR) is 79.8 cm³/mol. The highest BCUT2D eigenvalue weighted by Crippen LogP contribution is 2.16. The van der Waals surface area contributed by atoms with Crippen LogP contribution in [0, 0.1) is 0 Å². The van der Waals surface area contributed by atoms with Crippen LogP contribution in [0.4, 0.5) is 0 Å². The van der Waals surface area contributed by atoms with Crippen LogP contribution in [0.25, 0.3) is 0 Å². The second-order valence-corrected chi connectivity index (χ2v) is 5.64. The van der Waals surface area contributed by atoms with Gasteiger partial charge in [0.2, 0.25) is 5.91 Å². The van der Waals surface area contributed by atoms with Crippen molar-refractivity contribution in [3.63, 3.8) is 0 Å². The van der Waals surface area contributed by atoms with Crippen LogP contribution in [0.5, 0.6) is 0 Å². The molecule has 0 radical (unpaired) electrons. The molecule has 5 nitrogen and oxygen atoms in total. The van der Waals surface area contributed by atoms with Crippen LogP contribution in [-0.2, 0) is 4.79 Å². The van der Waals surface area contributed by atoms with Crippen molar-refractivity contribution in [2.75, 3.05) is 39.0 Å². The molecule has 1 saturated heterocycles. The average molecular weight is 293 g/mol. The summed E-state index contributed by atoms with van der Waals surface area (Å²) >= 11 is 1.66. The monoisotopic (exact) mass is 293 g/mol. The molecule has 0 aromatic heterocycles. The van der Waals surface area contributed by atoms with Gasteiger partial charge in [0.15, 0.2) is 0 Å². The van der Waals surface area contributed by atoms with Crippen LogP contribution >= 0.6 is 11.8 Å². The number of benzene rings is 1. The molecule has 6 heteroatoms. The van der Waals surface area contributed by atoms with Gasteiger partial charge in [0.05, 0.1) is 6.54 Å². The number of primary amides is 1. The molecule has 20 heavy (non-hydrogen) atoms. The van der Waals surface area contributed by atoms with E-state index < -0.39 is 0 Å². The summed E-state index contributed by atoms with van der Waals surface area (Å²) in [4.78, 5) is 28.1. The number of thioether (sulfide) groups is 1. The summed E-state index contributed by atoms with van der Waals surface area (Å²) < 4.78 is 0. The van der Waals surface area contributed by atoms with E-state index in [1.165, 1.54) is 0 Å². The Labute approximate surface area is 123 Å². The average Bonchev–Trinajstić information content (AvgIpc) is 2.47. The lowest BCUT2D eigenvalue weighted by Gasteiger charge is -2.34. The first-order chi connectivity index (χ1) is 9.60. The lowest BCUT2D eigenvalue weighted by Crippen LogP contribution is -2.50. The normalized spacial score (nSPS) is 16.1. The molecule has 0 spiro atoms. The number of nitrogens with zero attached hydrogens (tertiary/aromatic N) is 2. The molecule has 108 valence electrons. The first kappa shape index (κ1) is 14.9. The van der Waals surface area contributed by atoms with Gasteiger partial charge < -0.3 is 10.6 Å². The molecule has 0 atom stereocenters. The van der Waals surface area contributed by atoms with E-state index in [1.54, 1.807) is 11.8 Å². The van der Waals surface area contributed by atoms with Gasteiger partial charge in [-0.2, -0.15) is 0 Å². The van der Waals surface area contributed by atoms with Gasteiger partial charge in [-0.25, -0.2) is 0 Å². The standard InChI is InChI=1S/C14H19N3O2S/c1-20-12-4-2-11(3-5-12)14(19)17-8-6-16(7-9-17)10-13(15)18/h2-5H,6-10H2,1H3,(H2,15,18). The van der Waals surface area contributed by atoms with Crippen molar-refractivity contribution in [2.45, 2.75) is 4.90 Å². The number of hydrogen-bond acceptors (Lipinski definition) is 4. The Bertz CT molecular complexity index is 482. The van der Waals surface area contributed by atoms with Gasteiger partial charge in [-0.15, -0.1) is 11.8 Å². The number of piperazine rings is 1. The van der Waals surface area contributed by atoms with E-state index in [0.29, 0.717) is 31.7 Å². The molecule has 2 rings (SSSR count). The summed E-state index contributed by atoms with van der Waals surface area (Å²) in [6, 6.07) is 7.65. The third-order valence-corrected chi connectivity index (χ3v) is 4.12. The molecule has 0 unspecified atom stereocenters. The Kier molecular flexibility index (Phi) is 5.03. The summed E-state index contributed by atoms with van der Waals surface area (Å²) in [5.41, 5.74) is 5.89. The van der Waals surface area contributed by atoms with E-state index in [2.05, 4.69) is 0 Å². The number of carbonyl (C=O) groups excluding carboxylic acids is 2. The van der Waals surface area contributed by atoms with Crippen molar-refractivity contribution in [1.29, 1.82) is 0 Å². The zero-order chi connectivity index (χ0) is 14.5. The fourth-order valence-electron chi connectivity index (χ4n) is 2.25. The molecule has 1 aliphatic heterocycles. The molecule has 0 saturated carbocycles. The fraction of sp³-hybridized carbons (Fsp3) is 0.429. The Morgan fingerprint density at radius 3 is 2.25 bits per heavy atom. The number of amides is 2. The predicted octanol–water partition coefficient (Wildman–Crippen LogP) is 0.652. The minimum atomic E-state index is -0.322. The third-order valence-electron chi connectivity index (χ3n) is 3.38. The number of rotatable bonds is 4. The third kappa shape index (κ3) is 3.74. The molecule has 1 fully saturated rings. The zero-order valence-electron chi connectivity index (χ0n) is 11.5. The van der Waals surface area contributed by atoms with Crippen LogP contribution < -0.4 is 5.73 Å². The van der Waals surface area contributed by atoms with Gasteiger partial charge in [-0.3, -0.25) is 14.5 Å². The van der Waals surface area contributed by atoms with Gasteiger partial charge in [0, 0.05) is 36.6 Å². The highest BCUT2D eigenvalue weighted by atomic mass is 32.2. The van der Waals surface area contributed by atoms with Crippen LogP contribution in [0.2, 0.25) is 0 Å². The molecule has 1 aromatic carbocycles. The first-order valence-electron chi connectivity index (χ1n) is 6.54. The Morgan fingerprint density at radius 2 is 1.75 bits per heavy atom. The number of carbonyl (C=O) groups is 2. The van der Waals surface area contributed by atoms with E-state index >= 15 is 0 Å². The summed E-state index contributed by atoms with van der Waals surface area (Å²) in [5, 5.41) is 0. The van der Waals surface area contributed by atoms with E-state index in [0.717, 1.165) is 4.90 Å². The van der Waals surface area contributed by atoms with Crippen LogP contribution in [0.15, 0.2) is 29.2 Å². The maximum atomic E-state index is 12.3. The van der Waals surface area contributed by atoms with Gasteiger partial charge in [0.25, 0.3) is 5.91 Å². The molecule has 0 bridgehead atoms. The highest BCUT2D eigenvalue weighted by Gasteiger charge is 2.22. The van der Waals surface area contributed by atoms with Gasteiger partial charge in [0.1, 0.15) is 0 Å². The lowest BCUT2D eigenvalue weighted by molar-refractivity contribution is -0.119. The van der Waals surface area contributed by atoms with Gasteiger partial charge >= 0.3 is 0 Å². The van der Waals surface area contributed by atoms with Crippen molar-refractivity contribution in [3.05, 3.63) is 29.8 Å². The topological polar surface area (TPSA) is 66.6 Å². The minimum absolute atomic E-state index is 0.0522. The largest absolute Gasteiger partial charge is 0.369 e. The molecular formula is C14H19N3O2S. The maximum Gasteiger partial charge on any atom is 0.253 e. The first-order valence-corrected chi connectivity index (χ1v) is 7.76. The van der Waals surface area contributed by atoms with Crippen molar-refractivity contribution < 1.29 is 9.59 Å².